The van der Waals surface area contributed by atoms with E-state index in [9.17, 15) is 4.79 Å². The van der Waals surface area contributed by atoms with E-state index >= 15 is 0 Å². The number of likely N-dealkylation sites (N-methyl/N-ethyl adjacent to an activating group) is 1. The summed E-state index contributed by atoms with van der Waals surface area (Å²) in [6.07, 6.45) is 9.16. The fourth-order valence-electron chi connectivity index (χ4n) is 11.2. The molecule has 46 heavy (non-hydrogen) atoms. The third kappa shape index (κ3) is 4.18. The Morgan fingerprint density at radius 1 is 1.00 bits per heavy atom. The summed E-state index contributed by atoms with van der Waals surface area (Å²) >= 11 is 0. The number of likely N-dealkylation sites (tertiary alicyclic amines) is 1. The topological polar surface area (TPSA) is 64.4 Å². The number of piperidine rings is 3. The molecular formula is C40H48N4O2. The third-order valence-corrected chi connectivity index (χ3v) is 13.2. The highest BCUT2D eigenvalue weighted by molar-refractivity contribution is 5.88. The molecule has 6 nitrogen and oxygen atoms in total. The first-order valence-electron chi connectivity index (χ1n) is 17.9. The largest absolute Gasteiger partial charge is 0.469 e. The molecule has 4 aliphatic heterocycles. The molecule has 2 aromatic heterocycles. The van der Waals surface area contributed by atoms with Crippen LogP contribution in [0.5, 0.6) is 0 Å². The second kappa shape index (κ2) is 10.8. The maximum absolute atomic E-state index is 13.6. The maximum atomic E-state index is 13.6. The Hall–Kier alpha value is -3.35. The van der Waals surface area contributed by atoms with Crippen LogP contribution in [0.25, 0.3) is 21.8 Å². The molecule has 10 rings (SSSR count). The molecule has 2 aromatic carbocycles. The lowest BCUT2D eigenvalue weighted by molar-refractivity contribution is -0.151. The zero-order chi connectivity index (χ0) is 31.3. The molecule has 0 radical (unpaired) electrons. The first kappa shape index (κ1) is 28.8. The Kier molecular flexibility index (Phi) is 6.80. The Balaban J connectivity index is 1.19. The molecule has 6 aliphatic rings. The number of aromatic amines is 2. The van der Waals surface area contributed by atoms with E-state index in [0.717, 1.165) is 37.6 Å². The van der Waals surface area contributed by atoms with Gasteiger partial charge in [0.1, 0.15) is 0 Å². The first-order valence-corrected chi connectivity index (χ1v) is 17.9. The SMILES string of the molecule is C/C=C1\CN(C)[C@@H]2Cc3c([nH]c4ccccc34)[C@@H](c3ccc4c5c([nH]c4c3)[C@@H]3C[C@H]4C[C@H](CC)[C@@H]3N(CC5)C4)C[C@H]1[C@@H]2C(=O)OC. The van der Waals surface area contributed by atoms with Gasteiger partial charge in [-0.3, -0.25) is 14.6 Å². The van der Waals surface area contributed by atoms with E-state index in [1.165, 1.54) is 82.2 Å². The van der Waals surface area contributed by atoms with Crippen LogP contribution in [0, 0.1) is 23.7 Å². The van der Waals surface area contributed by atoms with Gasteiger partial charge < -0.3 is 14.7 Å². The highest BCUT2D eigenvalue weighted by Gasteiger charge is 2.49. The number of hydrogen-bond acceptors (Lipinski definition) is 4. The Morgan fingerprint density at radius 3 is 2.65 bits per heavy atom. The molecule has 9 atom stereocenters. The molecule has 6 heteroatoms. The number of hydrogen-bond donors (Lipinski definition) is 2. The van der Waals surface area contributed by atoms with Gasteiger partial charge >= 0.3 is 5.97 Å². The minimum absolute atomic E-state index is 0.0762. The molecule has 4 fully saturated rings. The van der Waals surface area contributed by atoms with E-state index in [-0.39, 0.29) is 29.8 Å². The molecule has 4 aromatic rings. The van der Waals surface area contributed by atoms with Crippen molar-refractivity contribution in [3.8, 4) is 0 Å². The lowest BCUT2D eigenvalue weighted by Crippen LogP contribution is -2.56. The van der Waals surface area contributed by atoms with Crippen LogP contribution in [0.3, 0.4) is 0 Å². The number of esters is 1. The maximum Gasteiger partial charge on any atom is 0.310 e. The fraction of sp³-hybridized carbons (Fsp3) is 0.525. The summed E-state index contributed by atoms with van der Waals surface area (Å²) in [5.41, 5.74) is 11.0. The molecular weight excluding hydrogens is 568 g/mol. The predicted molar refractivity (Wildman–Crippen MR) is 184 cm³/mol. The van der Waals surface area contributed by atoms with Crippen molar-refractivity contribution in [1.29, 1.82) is 0 Å². The number of allylic oxidation sites excluding steroid dienone is 1. The van der Waals surface area contributed by atoms with Crippen LogP contribution in [-0.4, -0.2) is 71.6 Å². The molecule has 0 amide bonds. The summed E-state index contributed by atoms with van der Waals surface area (Å²) in [6, 6.07) is 16.8. The van der Waals surface area contributed by atoms with Crippen LogP contribution in [0.1, 0.15) is 79.4 Å². The van der Waals surface area contributed by atoms with Crippen LogP contribution >= 0.6 is 0 Å². The van der Waals surface area contributed by atoms with Gasteiger partial charge in [-0.2, -0.15) is 0 Å². The zero-order valence-electron chi connectivity index (χ0n) is 27.8. The minimum Gasteiger partial charge on any atom is -0.469 e. The summed E-state index contributed by atoms with van der Waals surface area (Å²) in [6.45, 7) is 7.93. The molecule has 1 saturated carbocycles. The molecule has 0 spiro atoms. The van der Waals surface area contributed by atoms with Gasteiger partial charge in [-0.15, -0.1) is 0 Å². The average molecular weight is 617 g/mol. The fourth-order valence-corrected chi connectivity index (χ4v) is 11.2. The predicted octanol–water partition coefficient (Wildman–Crippen LogP) is 7.15. The van der Waals surface area contributed by atoms with Crippen LogP contribution in [-0.2, 0) is 22.4 Å². The second-order valence-corrected chi connectivity index (χ2v) is 15.2. The van der Waals surface area contributed by atoms with Gasteiger partial charge in [0.25, 0.3) is 0 Å². The minimum atomic E-state index is -0.194. The van der Waals surface area contributed by atoms with E-state index in [2.05, 4.69) is 89.2 Å². The van der Waals surface area contributed by atoms with E-state index in [4.69, 9.17) is 4.74 Å². The Labute approximate surface area is 272 Å². The number of ether oxygens (including phenoxy) is 1. The number of aromatic nitrogens is 2. The molecule has 3 saturated heterocycles. The highest BCUT2D eigenvalue weighted by Crippen LogP contribution is 2.52. The number of fused-ring (bicyclic) bond motifs is 9. The van der Waals surface area contributed by atoms with Crippen molar-refractivity contribution in [2.45, 2.75) is 76.3 Å². The smallest absolute Gasteiger partial charge is 0.310 e. The Bertz CT molecular complexity index is 1870. The monoisotopic (exact) mass is 616 g/mol. The van der Waals surface area contributed by atoms with E-state index in [1.54, 1.807) is 12.7 Å². The van der Waals surface area contributed by atoms with E-state index in [1.807, 2.05) is 0 Å². The molecule has 6 bridgehead atoms. The number of nitrogens with zero attached hydrogens (tertiary/aromatic N) is 2. The van der Waals surface area contributed by atoms with Crippen molar-refractivity contribution < 1.29 is 9.53 Å². The average Bonchev–Trinajstić information content (AvgIpc) is 3.60. The number of H-pyrrole nitrogens is 2. The van der Waals surface area contributed by atoms with Crippen LogP contribution < -0.4 is 0 Å². The van der Waals surface area contributed by atoms with Crippen molar-refractivity contribution in [3.63, 3.8) is 0 Å². The summed E-state index contributed by atoms with van der Waals surface area (Å²) < 4.78 is 5.54. The molecule has 2 aliphatic carbocycles. The Morgan fingerprint density at radius 2 is 1.83 bits per heavy atom. The van der Waals surface area contributed by atoms with Crippen LogP contribution in [0.15, 0.2) is 54.1 Å². The van der Waals surface area contributed by atoms with Crippen molar-refractivity contribution in [3.05, 3.63) is 82.2 Å². The van der Waals surface area contributed by atoms with Crippen molar-refractivity contribution in [2.75, 3.05) is 33.8 Å². The summed E-state index contributed by atoms with van der Waals surface area (Å²) in [7, 11) is 3.74. The van der Waals surface area contributed by atoms with Gasteiger partial charge in [0.2, 0.25) is 0 Å². The van der Waals surface area contributed by atoms with Gasteiger partial charge in [0.05, 0.1) is 13.0 Å². The summed E-state index contributed by atoms with van der Waals surface area (Å²) in [4.78, 5) is 26.9. The molecule has 6 heterocycles. The van der Waals surface area contributed by atoms with Gasteiger partial charge in [-0.1, -0.05) is 55.3 Å². The number of benzene rings is 2. The van der Waals surface area contributed by atoms with E-state index in [0.29, 0.717) is 12.0 Å². The number of carbonyl (C=O) groups is 1. The van der Waals surface area contributed by atoms with Gasteiger partial charge in [-0.25, -0.2) is 0 Å². The number of methoxy groups -OCH3 is 1. The number of rotatable bonds is 3. The number of carbonyl (C=O) groups excluding carboxylic acids is 1. The van der Waals surface area contributed by atoms with Gasteiger partial charge in [0.15, 0.2) is 0 Å². The van der Waals surface area contributed by atoms with Gasteiger partial charge in [0, 0.05) is 76.7 Å². The zero-order valence-corrected chi connectivity index (χ0v) is 27.8. The molecule has 2 N–H and O–H groups in total. The van der Waals surface area contributed by atoms with Gasteiger partial charge in [-0.05, 0) is 92.7 Å². The van der Waals surface area contributed by atoms with E-state index < -0.39 is 0 Å². The van der Waals surface area contributed by atoms with Crippen molar-refractivity contribution in [2.24, 2.45) is 23.7 Å². The number of para-hydroxylation sites is 1. The molecule has 240 valence electrons. The third-order valence-electron chi connectivity index (χ3n) is 13.2. The van der Waals surface area contributed by atoms with Crippen LogP contribution in [0.2, 0.25) is 0 Å². The first-order chi connectivity index (χ1) is 22.5. The summed E-state index contributed by atoms with van der Waals surface area (Å²) in [5.74, 6) is 2.30. The lowest BCUT2D eigenvalue weighted by Gasteiger charge is -2.53. The second-order valence-electron chi connectivity index (χ2n) is 15.2. The standard InChI is InChI=1S/C40H48N4O2/c1-5-23-15-22-16-32-37-28(13-14-44(20-22)39(23)32)27-12-11-25(17-34(27)42-37)30-18-29-24(6-2)21-43(3)35(36(29)40(45)46-4)19-31-26-9-7-8-10-33(26)41-38(30)31/h6-12,17,22-23,29-30,32,35-36,39,41-42H,5,13-16,18-21H2,1-4H3/b24-6+/t22-,23+,29-,30-,32+,35-,36+,39+/m1/s1. The summed E-state index contributed by atoms with van der Waals surface area (Å²) in [5, 5.41) is 2.70. The number of nitrogens with one attached hydrogen (secondary N) is 2. The van der Waals surface area contributed by atoms with Crippen molar-refractivity contribution in [1.82, 2.24) is 19.8 Å². The lowest BCUT2D eigenvalue weighted by atomic mass is 9.65. The normalized spacial score (nSPS) is 34.6. The molecule has 1 unspecified atom stereocenters. The highest BCUT2D eigenvalue weighted by atomic mass is 16.5. The van der Waals surface area contributed by atoms with Crippen molar-refractivity contribution >= 4 is 27.8 Å². The quantitative estimate of drug-likeness (QED) is 0.190. The van der Waals surface area contributed by atoms with Crippen LogP contribution in [0.4, 0.5) is 0 Å².